The molecule has 3 amide bonds. The molecule has 2 aliphatic rings. The largest absolute Gasteiger partial charge is 0.388 e. The van der Waals surface area contributed by atoms with Gasteiger partial charge in [0.25, 0.3) is 5.91 Å². The first-order valence-electron chi connectivity index (χ1n) is 12.0. The standard InChI is InChI=1S/C26H30N6O2S/c1-28-19-7-3-8-20(15-19)29-26(34)32-12-4-9-22(32)16-5-2-6-17(13-16)24(33)31-25-30-21-11-10-18(27)14-23(21)35-25/h2-3,5-8,13,15,18,22,28H,4,9-12,14,27H2,1H3,(H,29,34)(H,30,31,33). The van der Waals surface area contributed by atoms with Crippen LogP contribution in [0.3, 0.4) is 0 Å². The fraction of sp³-hybridized carbons (Fsp3) is 0.346. The molecule has 5 N–H and O–H groups in total. The molecule has 1 aliphatic heterocycles. The van der Waals surface area contributed by atoms with Gasteiger partial charge in [0, 0.05) is 41.4 Å². The number of benzene rings is 2. The normalized spacial score (nSPS) is 19.2. The number of carbonyl (C=O) groups excluding carboxylic acids is 2. The Bertz CT molecular complexity index is 1240. The summed E-state index contributed by atoms with van der Waals surface area (Å²) in [7, 11) is 1.85. The summed E-state index contributed by atoms with van der Waals surface area (Å²) in [6, 6.07) is 15.1. The minimum Gasteiger partial charge on any atom is -0.388 e. The first-order valence-corrected chi connectivity index (χ1v) is 12.8. The van der Waals surface area contributed by atoms with E-state index in [2.05, 4.69) is 20.9 Å². The van der Waals surface area contributed by atoms with Crippen LogP contribution in [0.4, 0.5) is 21.3 Å². The average Bonchev–Trinajstić information content (AvgIpc) is 3.51. The molecule has 0 spiro atoms. The van der Waals surface area contributed by atoms with Gasteiger partial charge in [-0.3, -0.25) is 10.1 Å². The fourth-order valence-electron chi connectivity index (χ4n) is 4.81. The third kappa shape index (κ3) is 5.16. The van der Waals surface area contributed by atoms with Crippen molar-refractivity contribution < 1.29 is 9.59 Å². The summed E-state index contributed by atoms with van der Waals surface area (Å²) in [6.07, 6.45) is 4.37. The first kappa shape index (κ1) is 23.3. The van der Waals surface area contributed by atoms with Crippen molar-refractivity contribution in [1.82, 2.24) is 9.88 Å². The van der Waals surface area contributed by atoms with Crippen LogP contribution >= 0.6 is 11.3 Å². The van der Waals surface area contributed by atoms with Gasteiger partial charge in [0.1, 0.15) is 0 Å². The molecule has 3 aromatic rings. The number of hydrogen-bond acceptors (Lipinski definition) is 6. The zero-order valence-corrected chi connectivity index (χ0v) is 20.5. The van der Waals surface area contributed by atoms with Crippen molar-refractivity contribution in [3.05, 3.63) is 70.2 Å². The van der Waals surface area contributed by atoms with Gasteiger partial charge >= 0.3 is 6.03 Å². The molecule has 0 saturated carbocycles. The Balaban J connectivity index is 1.28. The van der Waals surface area contributed by atoms with Gasteiger partial charge in [0.05, 0.1) is 11.7 Å². The summed E-state index contributed by atoms with van der Waals surface area (Å²) in [4.78, 5) is 33.7. The highest BCUT2D eigenvalue weighted by molar-refractivity contribution is 7.15. The van der Waals surface area contributed by atoms with Crippen LogP contribution in [0, 0.1) is 0 Å². The smallest absolute Gasteiger partial charge is 0.322 e. The minimum atomic E-state index is -0.194. The van der Waals surface area contributed by atoms with Crippen LogP contribution in [0.1, 0.15) is 51.8 Å². The second-order valence-corrected chi connectivity index (χ2v) is 10.2. The number of amides is 3. The summed E-state index contributed by atoms with van der Waals surface area (Å²) in [5.74, 6) is -0.194. The molecule has 0 radical (unpaired) electrons. The summed E-state index contributed by atoms with van der Waals surface area (Å²) in [6.45, 7) is 0.672. The maximum absolute atomic E-state index is 13.1. The van der Waals surface area contributed by atoms with E-state index in [1.165, 1.54) is 16.2 Å². The van der Waals surface area contributed by atoms with Crippen LogP contribution in [-0.2, 0) is 12.8 Å². The molecule has 182 valence electrons. The van der Waals surface area contributed by atoms with Crippen LogP contribution < -0.4 is 21.7 Å². The summed E-state index contributed by atoms with van der Waals surface area (Å²) < 4.78 is 0. The van der Waals surface area contributed by atoms with Crippen LogP contribution in [-0.4, -0.2) is 41.5 Å². The summed E-state index contributed by atoms with van der Waals surface area (Å²) in [5.41, 5.74) is 10.3. The van der Waals surface area contributed by atoms with Crippen LogP contribution in [0.15, 0.2) is 48.5 Å². The number of urea groups is 1. The Morgan fingerprint density at radius 2 is 1.91 bits per heavy atom. The molecule has 35 heavy (non-hydrogen) atoms. The molecule has 8 nitrogen and oxygen atoms in total. The number of fused-ring (bicyclic) bond motifs is 1. The Hall–Kier alpha value is -3.43. The number of hydrogen-bond donors (Lipinski definition) is 4. The first-order chi connectivity index (χ1) is 17.0. The van der Waals surface area contributed by atoms with E-state index in [1.54, 1.807) is 6.07 Å². The van der Waals surface area contributed by atoms with Gasteiger partial charge in [-0.1, -0.05) is 18.2 Å². The molecular formula is C26H30N6O2S. The van der Waals surface area contributed by atoms with Crippen molar-refractivity contribution in [2.24, 2.45) is 5.73 Å². The lowest BCUT2D eigenvalue weighted by Crippen LogP contribution is -2.34. The van der Waals surface area contributed by atoms with Crippen molar-refractivity contribution in [2.75, 3.05) is 29.5 Å². The Morgan fingerprint density at radius 1 is 1.09 bits per heavy atom. The van der Waals surface area contributed by atoms with Crippen LogP contribution in [0.25, 0.3) is 0 Å². The number of nitrogens with zero attached hydrogens (tertiary/aromatic N) is 2. The van der Waals surface area contributed by atoms with Crippen LogP contribution in [0.2, 0.25) is 0 Å². The number of nitrogens with two attached hydrogens (primary N) is 1. The van der Waals surface area contributed by atoms with Gasteiger partial charge in [-0.25, -0.2) is 9.78 Å². The van der Waals surface area contributed by atoms with Crippen molar-refractivity contribution >= 4 is 39.8 Å². The average molecular weight is 491 g/mol. The summed E-state index contributed by atoms with van der Waals surface area (Å²) >= 11 is 1.51. The van der Waals surface area contributed by atoms with Gasteiger partial charge < -0.3 is 21.3 Å². The van der Waals surface area contributed by atoms with E-state index in [4.69, 9.17) is 5.73 Å². The molecular weight excluding hydrogens is 460 g/mol. The van der Waals surface area contributed by atoms with Gasteiger partial charge in [0.2, 0.25) is 0 Å². The molecule has 1 saturated heterocycles. The highest BCUT2D eigenvalue weighted by Crippen LogP contribution is 2.34. The zero-order chi connectivity index (χ0) is 24.4. The summed E-state index contributed by atoms with van der Waals surface area (Å²) in [5, 5.41) is 9.66. The number of aromatic nitrogens is 1. The van der Waals surface area contributed by atoms with Crippen molar-refractivity contribution in [3.8, 4) is 0 Å². The van der Waals surface area contributed by atoms with E-state index in [9.17, 15) is 9.59 Å². The van der Waals surface area contributed by atoms with Crippen molar-refractivity contribution in [2.45, 2.75) is 44.2 Å². The van der Waals surface area contributed by atoms with Gasteiger partial charge in [-0.2, -0.15) is 0 Å². The molecule has 1 aliphatic carbocycles. The number of nitrogens with one attached hydrogen (secondary N) is 3. The maximum atomic E-state index is 13.1. The quantitative estimate of drug-likeness (QED) is 0.417. The van der Waals surface area contributed by atoms with Crippen molar-refractivity contribution in [3.63, 3.8) is 0 Å². The molecule has 5 rings (SSSR count). The molecule has 2 heterocycles. The second kappa shape index (κ2) is 10.1. The lowest BCUT2D eigenvalue weighted by atomic mass is 9.99. The van der Waals surface area contributed by atoms with E-state index < -0.39 is 0 Å². The fourth-order valence-corrected chi connectivity index (χ4v) is 5.91. The molecule has 2 aromatic carbocycles. The Morgan fingerprint density at radius 3 is 2.77 bits per heavy atom. The highest BCUT2D eigenvalue weighted by Gasteiger charge is 2.30. The molecule has 2 atom stereocenters. The van der Waals surface area contributed by atoms with E-state index in [1.807, 2.05) is 54.4 Å². The SMILES string of the molecule is CNc1cccc(NC(=O)N2CCCC2c2cccc(C(=O)Nc3nc4c(s3)CC(N)CC4)c2)c1. The lowest BCUT2D eigenvalue weighted by molar-refractivity contribution is 0.102. The minimum absolute atomic E-state index is 0.0797. The monoisotopic (exact) mass is 490 g/mol. The number of aryl methyl sites for hydroxylation is 1. The third-order valence-electron chi connectivity index (χ3n) is 6.65. The molecule has 9 heteroatoms. The molecule has 0 bridgehead atoms. The van der Waals surface area contributed by atoms with Crippen molar-refractivity contribution in [1.29, 1.82) is 0 Å². The molecule has 2 unspecified atom stereocenters. The topological polar surface area (TPSA) is 112 Å². The Kier molecular flexibility index (Phi) is 6.70. The van der Waals surface area contributed by atoms with E-state index in [0.29, 0.717) is 17.2 Å². The van der Waals surface area contributed by atoms with Crippen LogP contribution in [0.5, 0.6) is 0 Å². The predicted octanol–water partition coefficient (Wildman–Crippen LogP) is 4.62. The molecule has 1 aromatic heterocycles. The van der Waals surface area contributed by atoms with E-state index in [-0.39, 0.29) is 24.0 Å². The van der Waals surface area contributed by atoms with Gasteiger partial charge in [-0.05, 0) is 68.0 Å². The third-order valence-corrected chi connectivity index (χ3v) is 7.68. The number of thiazole rings is 1. The zero-order valence-electron chi connectivity index (χ0n) is 19.7. The Labute approximate surface area is 208 Å². The van der Waals surface area contributed by atoms with Gasteiger partial charge in [0.15, 0.2) is 5.13 Å². The number of carbonyl (C=O) groups is 2. The predicted molar refractivity (Wildman–Crippen MR) is 140 cm³/mol. The highest BCUT2D eigenvalue weighted by atomic mass is 32.1. The maximum Gasteiger partial charge on any atom is 0.322 e. The number of rotatable bonds is 5. The van der Waals surface area contributed by atoms with E-state index in [0.717, 1.165) is 54.7 Å². The van der Waals surface area contributed by atoms with E-state index >= 15 is 0 Å². The lowest BCUT2D eigenvalue weighted by Gasteiger charge is -2.26. The second-order valence-electron chi connectivity index (χ2n) is 9.08. The number of anilines is 3. The van der Waals surface area contributed by atoms with Gasteiger partial charge in [-0.15, -0.1) is 11.3 Å². The molecule has 1 fully saturated rings. The number of likely N-dealkylation sites (tertiary alicyclic amines) is 1.